The Balaban J connectivity index is 2.05. The first-order valence-corrected chi connectivity index (χ1v) is 22.0. The third kappa shape index (κ3) is 3.15. The number of hydrogen-bond acceptors (Lipinski definition) is 3. The van der Waals surface area contributed by atoms with Crippen molar-refractivity contribution >= 4 is 82.3 Å². The molecule has 0 N–H and O–H groups in total. The molecule has 0 radical (unpaired) electrons. The molecule has 7 heteroatoms. The standard InChI is InChI=1S/C21H28OS3Si3/c1-26(2,3)18-13-16-20(23-18)25(22)21-17(14-19(24-21)27(4,5)6)28(16,7)15-11-9-8-10-12-15/h8-14H,1-7H3. The van der Waals surface area contributed by atoms with Crippen LogP contribution in [0.2, 0.25) is 45.8 Å². The fourth-order valence-electron chi connectivity index (χ4n) is 3.77. The molecular formula is C21H28OS3Si3. The zero-order valence-corrected chi connectivity index (χ0v) is 23.1. The fraction of sp³-hybridized carbons (Fsp3) is 0.333. The van der Waals surface area contributed by atoms with E-state index in [0.717, 1.165) is 8.42 Å². The third-order valence-corrected chi connectivity index (χ3v) is 22.3. The molecule has 2 aromatic heterocycles. The second-order valence-electron chi connectivity index (χ2n) is 9.88. The molecule has 0 spiro atoms. The van der Waals surface area contributed by atoms with Crippen LogP contribution in [0.3, 0.4) is 0 Å². The first-order valence-electron chi connectivity index (χ1n) is 9.71. The fourth-order valence-corrected chi connectivity index (χ4v) is 19.3. The SMILES string of the molecule is C[Si](C)(C)c1cc2c(s1)S(=O)c1sc([Si](C)(C)C)cc1[Si]2(C)c1ccccc1. The van der Waals surface area contributed by atoms with Crippen LogP contribution in [0, 0.1) is 0 Å². The van der Waals surface area contributed by atoms with Crippen molar-refractivity contribution in [1.82, 2.24) is 0 Å². The Morgan fingerprint density at radius 2 is 1.21 bits per heavy atom. The zero-order chi connectivity index (χ0) is 20.5. The molecule has 0 saturated heterocycles. The minimum atomic E-state index is -2.14. The van der Waals surface area contributed by atoms with Gasteiger partial charge in [0.15, 0.2) is 8.07 Å². The van der Waals surface area contributed by atoms with Crippen LogP contribution < -0.4 is 24.6 Å². The van der Waals surface area contributed by atoms with Crippen molar-refractivity contribution in [1.29, 1.82) is 0 Å². The zero-order valence-electron chi connectivity index (χ0n) is 17.7. The molecule has 0 unspecified atom stereocenters. The molecule has 1 aliphatic rings. The van der Waals surface area contributed by atoms with Crippen molar-refractivity contribution in [2.75, 3.05) is 0 Å². The van der Waals surface area contributed by atoms with Crippen LogP contribution in [-0.2, 0) is 10.8 Å². The lowest BCUT2D eigenvalue weighted by Crippen LogP contribution is -2.67. The highest BCUT2D eigenvalue weighted by Crippen LogP contribution is 2.31. The quantitative estimate of drug-likeness (QED) is 0.529. The molecule has 0 saturated carbocycles. The van der Waals surface area contributed by atoms with Gasteiger partial charge in [-0.25, -0.2) is 4.21 Å². The number of rotatable bonds is 3. The van der Waals surface area contributed by atoms with E-state index in [1.165, 1.54) is 24.6 Å². The lowest BCUT2D eigenvalue weighted by atomic mass is 10.4. The van der Waals surface area contributed by atoms with Gasteiger partial charge in [-0.2, -0.15) is 0 Å². The summed E-state index contributed by atoms with van der Waals surface area (Å²) in [4.78, 5) is 0. The van der Waals surface area contributed by atoms with Crippen molar-refractivity contribution in [3.8, 4) is 0 Å². The number of hydrogen-bond donors (Lipinski definition) is 0. The van der Waals surface area contributed by atoms with E-state index in [4.69, 9.17) is 0 Å². The van der Waals surface area contributed by atoms with Gasteiger partial charge in [-0.05, 0) is 24.6 Å². The van der Waals surface area contributed by atoms with Gasteiger partial charge in [-0.3, -0.25) is 0 Å². The molecular weight excluding hydrogens is 449 g/mol. The van der Waals surface area contributed by atoms with Gasteiger partial charge in [-0.15, -0.1) is 22.7 Å². The molecule has 28 heavy (non-hydrogen) atoms. The van der Waals surface area contributed by atoms with Gasteiger partial charge < -0.3 is 0 Å². The normalized spacial score (nSPS) is 22.0. The lowest BCUT2D eigenvalue weighted by Gasteiger charge is -2.32. The maximum atomic E-state index is 13.7. The Morgan fingerprint density at radius 1 is 0.786 bits per heavy atom. The van der Waals surface area contributed by atoms with Crippen LogP contribution in [0.25, 0.3) is 0 Å². The maximum absolute atomic E-state index is 13.7. The molecule has 1 aliphatic heterocycles. The van der Waals surface area contributed by atoms with Gasteiger partial charge in [0, 0.05) is 0 Å². The third-order valence-electron chi connectivity index (χ3n) is 5.64. The molecule has 1 aromatic carbocycles. The van der Waals surface area contributed by atoms with Gasteiger partial charge in [0.1, 0.15) is 10.8 Å². The summed E-state index contributed by atoms with van der Waals surface area (Å²) in [5.41, 5.74) is 0. The van der Waals surface area contributed by atoms with Crippen LogP contribution in [0.5, 0.6) is 0 Å². The molecule has 1 nitrogen and oxygen atoms in total. The molecule has 0 atom stereocenters. The maximum Gasteiger partial charge on any atom is 0.150 e. The lowest BCUT2D eigenvalue weighted by molar-refractivity contribution is 0.686. The monoisotopic (exact) mass is 476 g/mol. The van der Waals surface area contributed by atoms with Crippen molar-refractivity contribution in [2.24, 2.45) is 0 Å². The Kier molecular flexibility index (Phi) is 4.96. The minimum Gasteiger partial charge on any atom is -0.247 e. The topological polar surface area (TPSA) is 17.1 Å². The highest BCUT2D eigenvalue weighted by molar-refractivity contribution is 7.91. The summed E-state index contributed by atoms with van der Waals surface area (Å²) in [6.45, 7) is 16.9. The van der Waals surface area contributed by atoms with Crippen LogP contribution in [-0.4, -0.2) is 28.4 Å². The van der Waals surface area contributed by atoms with Gasteiger partial charge in [-0.1, -0.05) is 88.3 Å². The second-order valence-corrected chi connectivity index (χ2v) is 28.6. The summed E-state index contributed by atoms with van der Waals surface area (Å²) in [5.74, 6) is 0. The molecule has 148 valence electrons. The van der Waals surface area contributed by atoms with E-state index >= 15 is 0 Å². The van der Waals surface area contributed by atoms with Gasteiger partial charge in [0.25, 0.3) is 0 Å². The summed E-state index contributed by atoms with van der Waals surface area (Å²) in [6, 6.07) is 15.9. The average Bonchev–Trinajstić information content (AvgIpc) is 3.25. The minimum absolute atomic E-state index is 1.02. The first kappa shape index (κ1) is 20.7. The van der Waals surface area contributed by atoms with E-state index < -0.39 is 35.0 Å². The summed E-state index contributed by atoms with van der Waals surface area (Å²) in [7, 11) is -6.06. The van der Waals surface area contributed by atoms with E-state index in [2.05, 4.69) is 88.3 Å². The van der Waals surface area contributed by atoms with Gasteiger partial charge in [0.05, 0.1) is 24.6 Å². The van der Waals surface area contributed by atoms with Crippen LogP contribution in [0.15, 0.2) is 50.9 Å². The average molecular weight is 477 g/mol. The van der Waals surface area contributed by atoms with Crippen LogP contribution >= 0.6 is 22.7 Å². The molecule has 0 amide bonds. The number of fused-ring (bicyclic) bond motifs is 2. The van der Waals surface area contributed by atoms with E-state index in [9.17, 15) is 4.21 Å². The van der Waals surface area contributed by atoms with E-state index in [1.54, 1.807) is 0 Å². The molecule has 0 aliphatic carbocycles. The molecule has 0 fully saturated rings. The largest absolute Gasteiger partial charge is 0.247 e. The second kappa shape index (κ2) is 6.72. The van der Waals surface area contributed by atoms with Crippen molar-refractivity contribution in [2.45, 2.75) is 54.2 Å². The van der Waals surface area contributed by atoms with Crippen LogP contribution in [0.1, 0.15) is 0 Å². The molecule has 4 rings (SSSR count). The Bertz CT molecular complexity index is 1010. The van der Waals surface area contributed by atoms with Crippen LogP contribution in [0.4, 0.5) is 0 Å². The first-order chi connectivity index (χ1) is 12.9. The Morgan fingerprint density at radius 3 is 1.61 bits per heavy atom. The highest BCUT2D eigenvalue weighted by Gasteiger charge is 2.47. The summed E-state index contributed by atoms with van der Waals surface area (Å²) in [6.07, 6.45) is 0. The van der Waals surface area contributed by atoms with Gasteiger partial charge in [0.2, 0.25) is 0 Å². The molecule has 0 bridgehead atoms. The van der Waals surface area contributed by atoms with E-state index in [1.807, 2.05) is 22.7 Å². The Hall–Kier alpha value is -0.579. The van der Waals surface area contributed by atoms with Crippen molar-refractivity contribution in [3.05, 3.63) is 42.5 Å². The highest BCUT2D eigenvalue weighted by atomic mass is 32.2. The predicted octanol–water partition coefficient (Wildman–Crippen LogP) is 3.48. The molecule has 3 heterocycles. The Labute approximate surface area is 182 Å². The van der Waals surface area contributed by atoms with Gasteiger partial charge >= 0.3 is 0 Å². The summed E-state index contributed by atoms with van der Waals surface area (Å²) >= 11 is 3.68. The van der Waals surface area contributed by atoms with E-state index in [-0.39, 0.29) is 0 Å². The summed E-state index contributed by atoms with van der Waals surface area (Å²) in [5, 5.41) is 4.26. The smallest absolute Gasteiger partial charge is 0.150 e. The number of benzene rings is 1. The number of thiophene rings is 2. The van der Waals surface area contributed by atoms with Crippen molar-refractivity contribution < 1.29 is 4.21 Å². The molecule has 3 aromatic rings. The summed E-state index contributed by atoms with van der Waals surface area (Å²) < 4.78 is 19.0. The van der Waals surface area contributed by atoms with Crippen molar-refractivity contribution in [3.63, 3.8) is 0 Å². The predicted molar refractivity (Wildman–Crippen MR) is 136 cm³/mol. The van der Waals surface area contributed by atoms with E-state index in [0.29, 0.717) is 0 Å².